The van der Waals surface area contributed by atoms with Gasteiger partial charge in [0.05, 0.1) is 6.10 Å². The third kappa shape index (κ3) is 2.41. The predicted octanol–water partition coefficient (Wildman–Crippen LogP) is 4.25. The second kappa shape index (κ2) is 5.11. The van der Waals surface area contributed by atoms with Crippen molar-refractivity contribution in [3.63, 3.8) is 0 Å². The molecule has 2 aromatic carbocycles. The fraction of sp³-hybridized carbons (Fsp3) is 0.412. The van der Waals surface area contributed by atoms with Gasteiger partial charge in [-0.1, -0.05) is 55.3 Å². The minimum Gasteiger partial charge on any atom is -0.393 e. The van der Waals surface area contributed by atoms with Crippen molar-refractivity contribution in [3.8, 4) is 0 Å². The summed E-state index contributed by atoms with van der Waals surface area (Å²) in [5.41, 5.74) is 1.40. The van der Waals surface area contributed by atoms with Crippen molar-refractivity contribution in [2.75, 3.05) is 0 Å². The van der Waals surface area contributed by atoms with Crippen LogP contribution in [-0.4, -0.2) is 11.2 Å². The number of rotatable bonds is 1. The van der Waals surface area contributed by atoms with Gasteiger partial charge in [0.2, 0.25) is 0 Å². The molecule has 1 heteroatoms. The molecule has 0 bridgehead atoms. The zero-order valence-electron chi connectivity index (χ0n) is 10.7. The third-order valence-corrected chi connectivity index (χ3v) is 4.14. The van der Waals surface area contributed by atoms with Gasteiger partial charge in [-0.3, -0.25) is 0 Å². The Kier molecular flexibility index (Phi) is 3.33. The van der Waals surface area contributed by atoms with Gasteiger partial charge in [-0.15, -0.1) is 0 Å². The van der Waals surface area contributed by atoms with Crippen LogP contribution in [0.1, 0.15) is 43.6 Å². The molecule has 94 valence electrons. The molecule has 1 aliphatic rings. The van der Waals surface area contributed by atoms with Crippen molar-refractivity contribution in [2.45, 2.75) is 44.1 Å². The lowest BCUT2D eigenvalue weighted by Crippen LogP contribution is -2.09. The molecule has 2 unspecified atom stereocenters. The van der Waals surface area contributed by atoms with Crippen LogP contribution < -0.4 is 0 Å². The largest absolute Gasteiger partial charge is 0.393 e. The van der Waals surface area contributed by atoms with Crippen LogP contribution in [0.25, 0.3) is 10.8 Å². The maximum Gasteiger partial charge on any atom is 0.0546 e. The monoisotopic (exact) mass is 240 g/mol. The summed E-state index contributed by atoms with van der Waals surface area (Å²) < 4.78 is 0. The summed E-state index contributed by atoms with van der Waals surface area (Å²) in [6.45, 7) is 0. The van der Waals surface area contributed by atoms with E-state index in [0.29, 0.717) is 5.92 Å². The van der Waals surface area contributed by atoms with E-state index in [4.69, 9.17) is 0 Å². The van der Waals surface area contributed by atoms with Crippen LogP contribution in [0.5, 0.6) is 0 Å². The summed E-state index contributed by atoms with van der Waals surface area (Å²) in [5.74, 6) is 0.534. The molecule has 0 heterocycles. The minimum atomic E-state index is -0.107. The highest BCUT2D eigenvalue weighted by molar-refractivity contribution is 5.83. The number of hydrogen-bond acceptors (Lipinski definition) is 1. The molecule has 0 spiro atoms. The molecule has 2 atom stereocenters. The lowest BCUT2D eigenvalue weighted by atomic mass is 9.90. The highest BCUT2D eigenvalue weighted by Gasteiger charge is 2.19. The van der Waals surface area contributed by atoms with E-state index in [1.807, 2.05) is 0 Å². The smallest absolute Gasteiger partial charge is 0.0546 e. The molecule has 0 aliphatic heterocycles. The Bertz CT molecular complexity index is 532. The number of benzene rings is 2. The van der Waals surface area contributed by atoms with Crippen LogP contribution in [0.2, 0.25) is 0 Å². The van der Waals surface area contributed by atoms with E-state index < -0.39 is 0 Å². The van der Waals surface area contributed by atoms with Gasteiger partial charge in [-0.05, 0) is 41.5 Å². The normalized spacial score (nSPS) is 24.9. The Balaban J connectivity index is 1.92. The quantitative estimate of drug-likeness (QED) is 0.739. The summed E-state index contributed by atoms with van der Waals surface area (Å²) in [6, 6.07) is 15.3. The summed E-state index contributed by atoms with van der Waals surface area (Å²) in [7, 11) is 0. The number of fused-ring (bicyclic) bond motifs is 1. The molecular weight excluding hydrogens is 220 g/mol. The SMILES string of the molecule is OC1CCCCC(c2ccc3ccccc3c2)C1. The molecular formula is C17H20O. The van der Waals surface area contributed by atoms with Crippen LogP contribution in [0.3, 0.4) is 0 Å². The first-order chi connectivity index (χ1) is 8.83. The molecule has 3 rings (SSSR count). The average molecular weight is 240 g/mol. The maximum absolute atomic E-state index is 9.93. The number of aliphatic hydroxyl groups is 1. The lowest BCUT2D eigenvalue weighted by molar-refractivity contribution is 0.152. The molecule has 0 saturated heterocycles. The topological polar surface area (TPSA) is 20.2 Å². The minimum absolute atomic E-state index is 0.107. The summed E-state index contributed by atoms with van der Waals surface area (Å²) in [6.07, 6.45) is 5.43. The van der Waals surface area contributed by atoms with Crippen molar-refractivity contribution in [1.29, 1.82) is 0 Å². The molecule has 1 saturated carbocycles. The molecule has 0 aromatic heterocycles. The molecule has 1 aliphatic carbocycles. The molecule has 1 fully saturated rings. The van der Waals surface area contributed by atoms with E-state index in [0.717, 1.165) is 12.8 Å². The second-order valence-corrected chi connectivity index (χ2v) is 5.48. The number of aliphatic hydroxyl groups excluding tert-OH is 1. The highest BCUT2D eigenvalue weighted by Crippen LogP contribution is 2.33. The average Bonchev–Trinajstić information content (AvgIpc) is 2.63. The van der Waals surface area contributed by atoms with Gasteiger partial charge in [0, 0.05) is 0 Å². The van der Waals surface area contributed by atoms with Gasteiger partial charge in [0.1, 0.15) is 0 Å². The Morgan fingerprint density at radius 1 is 0.889 bits per heavy atom. The van der Waals surface area contributed by atoms with Crippen molar-refractivity contribution in [2.24, 2.45) is 0 Å². The van der Waals surface area contributed by atoms with E-state index in [1.165, 1.54) is 35.6 Å². The van der Waals surface area contributed by atoms with Crippen LogP contribution in [0.15, 0.2) is 42.5 Å². The van der Waals surface area contributed by atoms with E-state index >= 15 is 0 Å². The van der Waals surface area contributed by atoms with Crippen LogP contribution >= 0.6 is 0 Å². The van der Waals surface area contributed by atoms with Gasteiger partial charge in [0.15, 0.2) is 0 Å². The van der Waals surface area contributed by atoms with Gasteiger partial charge in [0.25, 0.3) is 0 Å². The van der Waals surface area contributed by atoms with Crippen LogP contribution in [-0.2, 0) is 0 Å². The Labute approximate surface area is 108 Å². The van der Waals surface area contributed by atoms with Crippen molar-refractivity contribution in [1.82, 2.24) is 0 Å². The second-order valence-electron chi connectivity index (χ2n) is 5.48. The first kappa shape index (κ1) is 11.7. The Morgan fingerprint density at radius 3 is 2.56 bits per heavy atom. The van der Waals surface area contributed by atoms with Crippen molar-refractivity contribution < 1.29 is 5.11 Å². The number of hydrogen-bond donors (Lipinski definition) is 1. The standard InChI is InChI=1S/C17H20O/c18-17-8-4-3-7-15(12-17)16-10-9-13-5-1-2-6-14(13)11-16/h1-2,5-6,9-11,15,17-18H,3-4,7-8,12H2. The zero-order chi connectivity index (χ0) is 12.4. The molecule has 0 radical (unpaired) electrons. The molecule has 1 N–H and O–H groups in total. The maximum atomic E-state index is 9.93. The van der Waals surface area contributed by atoms with Crippen molar-refractivity contribution in [3.05, 3.63) is 48.0 Å². The summed E-state index contributed by atoms with van der Waals surface area (Å²) in [5, 5.41) is 12.5. The Morgan fingerprint density at radius 2 is 1.67 bits per heavy atom. The first-order valence-electron chi connectivity index (χ1n) is 7.00. The molecule has 2 aromatic rings. The first-order valence-corrected chi connectivity index (χ1v) is 7.00. The lowest BCUT2D eigenvalue weighted by Gasteiger charge is -2.17. The predicted molar refractivity (Wildman–Crippen MR) is 75.8 cm³/mol. The van der Waals surface area contributed by atoms with E-state index in [9.17, 15) is 5.11 Å². The fourth-order valence-electron chi connectivity index (χ4n) is 3.10. The van der Waals surface area contributed by atoms with Crippen molar-refractivity contribution >= 4 is 10.8 Å². The Hall–Kier alpha value is -1.34. The molecule has 0 amide bonds. The molecule has 18 heavy (non-hydrogen) atoms. The third-order valence-electron chi connectivity index (χ3n) is 4.14. The summed E-state index contributed by atoms with van der Waals surface area (Å²) >= 11 is 0. The van der Waals surface area contributed by atoms with Gasteiger partial charge < -0.3 is 5.11 Å². The van der Waals surface area contributed by atoms with E-state index in [2.05, 4.69) is 42.5 Å². The van der Waals surface area contributed by atoms with Crippen LogP contribution in [0.4, 0.5) is 0 Å². The van der Waals surface area contributed by atoms with Crippen LogP contribution in [0, 0.1) is 0 Å². The van der Waals surface area contributed by atoms with E-state index in [-0.39, 0.29) is 6.10 Å². The fourth-order valence-corrected chi connectivity index (χ4v) is 3.10. The van der Waals surface area contributed by atoms with Gasteiger partial charge in [-0.25, -0.2) is 0 Å². The van der Waals surface area contributed by atoms with Gasteiger partial charge >= 0.3 is 0 Å². The zero-order valence-corrected chi connectivity index (χ0v) is 10.7. The highest BCUT2D eigenvalue weighted by atomic mass is 16.3. The molecule has 1 nitrogen and oxygen atoms in total. The van der Waals surface area contributed by atoms with Gasteiger partial charge in [-0.2, -0.15) is 0 Å². The van der Waals surface area contributed by atoms with E-state index in [1.54, 1.807) is 0 Å². The summed E-state index contributed by atoms with van der Waals surface area (Å²) in [4.78, 5) is 0.